The minimum Gasteiger partial charge on any atom is -0.0646 e. The van der Waals surface area contributed by atoms with Gasteiger partial charge >= 0.3 is 0 Å². The van der Waals surface area contributed by atoms with Crippen molar-refractivity contribution in [2.75, 3.05) is 0 Å². The molecule has 0 aliphatic rings. The third-order valence-corrected chi connectivity index (χ3v) is 5.51. The zero-order valence-electron chi connectivity index (χ0n) is 16.8. The highest BCUT2D eigenvalue weighted by atomic mass is 14.3. The zero-order chi connectivity index (χ0) is 18.1. The van der Waals surface area contributed by atoms with E-state index in [0.717, 1.165) is 6.42 Å². The van der Waals surface area contributed by atoms with Crippen molar-refractivity contribution in [1.82, 2.24) is 0 Å². The van der Waals surface area contributed by atoms with Crippen LogP contribution in [0.4, 0.5) is 0 Å². The van der Waals surface area contributed by atoms with Gasteiger partial charge in [0.05, 0.1) is 0 Å². The van der Waals surface area contributed by atoms with Gasteiger partial charge in [-0.25, -0.2) is 0 Å². The number of hydrogen-bond acceptors (Lipinski definition) is 0. The molecule has 0 heteroatoms. The van der Waals surface area contributed by atoms with Crippen LogP contribution in [-0.4, -0.2) is 0 Å². The van der Waals surface area contributed by atoms with E-state index >= 15 is 0 Å². The van der Waals surface area contributed by atoms with Crippen LogP contribution in [0.25, 0.3) is 11.1 Å². The fourth-order valence-electron chi connectivity index (χ4n) is 3.35. The van der Waals surface area contributed by atoms with Gasteiger partial charge in [-0.3, -0.25) is 0 Å². The summed E-state index contributed by atoms with van der Waals surface area (Å²) < 4.78 is 0. The molecule has 0 atom stereocenters. The van der Waals surface area contributed by atoms with Crippen molar-refractivity contribution in [3.8, 4) is 11.1 Å². The first kappa shape index (κ1) is 18.8. The minimum absolute atomic E-state index is 0.173. The predicted molar refractivity (Wildman–Crippen MR) is 108 cm³/mol. The molecule has 0 fully saturated rings. The number of rotatable bonds is 5. The van der Waals surface area contributed by atoms with Gasteiger partial charge in [-0.05, 0) is 64.0 Å². The monoisotopic (exact) mass is 322 g/mol. The molecule has 130 valence electrons. The summed E-state index contributed by atoms with van der Waals surface area (Å²) in [5.74, 6) is 1.07. The summed E-state index contributed by atoms with van der Waals surface area (Å²) in [6.07, 6.45) is 1.14. The average molecular weight is 323 g/mol. The lowest BCUT2D eigenvalue weighted by Crippen LogP contribution is -2.19. The van der Waals surface area contributed by atoms with Crippen LogP contribution in [0.5, 0.6) is 0 Å². The summed E-state index contributed by atoms with van der Waals surface area (Å²) in [7, 11) is 0. The first-order valence-electron chi connectivity index (χ1n) is 9.43. The van der Waals surface area contributed by atoms with Crippen molar-refractivity contribution >= 4 is 0 Å². The Balaban J connectivity index is 2.91. The highest BCUT2D eigenvalue weighted by Crippen LogP contribution is 2.42. The summed E-state index contributed by atoms with van der Waals surface area (Å²) in [4.78, 5) is 0. The van der Waals surface area contributed by atoms with E-state index in [9.17, 15) is 0 Å². The van der Waals surface area contributed by atoms with Crippen molar-refractivity contribution in [3.63, 3.8) is 0 Å². The summed E-state index contributed by atoms with van der Waals surface area (Å²) in [5.41, 5.74) is 8.87. The minimum atomic E-state index is 0.173. The molecule has 0 amide bonds. The molecular formula is C24H34. The molecule has 0 spiro atoms. The highest BCUT2D eigenvalue weighted by molar-refractivity contribution is 5.76. The third kappa shape index (κ3) is 3.58. The van der Waals surface area contributed by atoms with Crippen molar-refractivity contribution < 1.29 is 0 Å². The standard InChI is InChI=1S/C24H34/c1-9-24(7,8)22-15-19(16(2)3)14-21(17(4)5)23(22)20-13-11-10-12-18(20)6/h10-17H,9H2,1-8H3. The summed E-state index contributed by atoms with van der Waals surface area (Å²) in [6, 6.07) is 13.8. The molecule has 24 heavy (non-hydrogen) atoms. The molecule has 0 aliphatic carbocycles. The summed E-state index contributed by atoms with van der Waals surface area (Å²) >= 11 is 0. The van der Waals surface area contributed by atoms with E-state index in [1.807, 2.05) is 0 Å². The van der Waals surface area contributed by atoms with Crippen molar-refractivity contribution in [2.45, 2.75) is 79.1 Å². The van der Waals surface area contributed by atoms with Crippen LogP contribution in [-0.2, 0) is 5.41 Å². The molecule has 0 radical (unpaired) electrons. The number of hydrogen-bond donors (Lipinski definition) is 0. The highest BCUT2D eigenvalue weighted by Gasteiger charge is 2.26. The van der Waals surface area contributed by atoms with Gasteiger partial charge in [0, 0.05) is 0 Å². The van der Waals surface area contributed by atoms with E-state index < -0.39 is 0 Å². The smallest absolute Gasteiger partial charge is 0.00998 e. The Bertz CT molecular complexity index is 702. The average Bonchev–Trinajstić information content (AvgIpc) is 2.54. The molecule has 2 aromatic rings. The van der Waals surface area contributed by atoms with Crippen molar-refractivity contribution in [3.05, 3.63) is 58.7 Å². The van der Waals surface area contributed by atoms with Gasteiger partial charge in [0.25, 0.3) is 0 Å². The Morgan fingerprint density at radius 2 is 1.54 bits per heavy atom. The Hall–Kier alpha value is -1.56. The topological polar surface area (TPSA) is 0 Å². The largest absolute Gasteiger partial charge is 0.0646 e. The lowest BCUT2D eigenvalue weighted by atomic mass is 9.73. The molecule has 2 rings (SSSR count). The van der Waals surface area contributed by atoms with Gasteiger partial charge < -0.3 is 0 Å². The van der Waals surface area contributed by atoms with Crippen LogP contribution in [0, 0.1) is 6.92 Å². The molecule has 2 aromatic carbocycles. The molecule has 0 nitrogen and oxygen atoms in total. The molecule has 0 N–H and O–H groups in total. The van der Waals surface area contributed by atoms with E-state index in [4.69, 9.17) is 0 Å². The molecule has 0 aliphatic heterocycles. The quantitative estimate of drug-likeness (QED) is 0.531. The maximum Gasteiger partial charge on any atom is -0.00998 e. The maximum absolute atomic E-state index is 2.47. The summed E-state index contributed by atoms with van der Waals surface area (Å²) in [5, 5.41) is 0. The van der Waals surface area contributed by atoms with Gasteiger partial charge in [-0.15, -0.1) is 0 Å². The van der Waals surface area contributed by atoms with Gasteiger partial charge in [0.2, 0.25) is 0 Å². The van der Waals surface area contributed by atoms with Crippen LogP contribution in [0.15, 0.2) is 36.4 Å². The zero-order valence-corrected chi connectivity index (χ0v) is 16.8. The van der Waals surface area contributed by atoms with Crippen LogP contribution in [0.3, 0.4) is 0 Å². The predicted octanol–water partition coefficient (Wildman–Crippen LogP) is 7.60. The van der Waals surface area contributed by atoms with Gasteiger partial charge in [-0.1, -0.05) is 84.9 Å². The van der Waals surface area contributed by atoms with Crippen LogP contribution < -0.4 is 0 Å². The SMILES string of the molecule is CCC(C)(C)c1cc(C(C)C)cc(C(C)C)c1-c1ccccc1C. The molecule has 0 saturated carbocycles. The number of aryl methyl sites for hydroxylation is 1. The Morgan fingerprint density at radius 3 is 2.04 bits per heavy atom. The van der Waals surface area contributed by atoms with Crippen molar-refractivity contribution in [2.24, 2.45) is 0 Å². The van der Waals surface area contributed by atoms with Gasteiger partial charge in [0.1, 0.15) is 0 Å². The molecule has 0 unspecified atom stereocenters. The maximum atomic E-state index is 2.47. The fraction of sp³-hybridized carbons (Fsp3) is 0.500. The number of benzene rings is 2. The Morgan fingerprint density at radius 1 is 0.917 bits per heavy atom. The Kier molecular flexibility index (Phi) is 5.58. The summed E-state index contributed by atoms with van der Waals surface area (Å²) in [6.45, 7) is 18.6. The third-order valence-electron chi connectivity index (χ3n) is 5.51. The molecule has 0 saturated heterocycles. The van der Waals surface area contributed by atoms with E-state index in [0.29, 0.717) is 11.8 Å². The second-order valence-electron chi connectivity index (χ2n) is 8.39. The first-order valence-corrected chi connectivity index (χ1v) is 9.43. The van der Waals surface area contributed by atoms with Crippen molar-refractivity contribution in [1.29, 1.82) is 0 Å². The molecule has 0 aromatic heterocycles. The van der Waals surface area contributed by atoms with Gasteiger partial charge in [-0.2, -0.15) is 0 Å². The second-order valence-corrected chi connectivity index (χ2v) is 8.39. The van der Waals surface area contributed by atoms with E-state index in [1.54, 1.807) is 0 Å². The second kappa shape index (κ2) is 7.13. The molecular weight excluding hydrogens is 288 g/mol. The lowest BCUT2D eigenvalue weighted by Gasteiger charge is -2.31. The van der Waals surface area contributed by atoms with E-state index in [-0.39, 0.29) is 5.41 Å². The van der Waals surface area contributed by atoms with Crippen LogP contribution >= 0.6 is 0 Å². The lowest BCUT2D eigenvalue weighted by molar-refractivity contribution is 0.506. The van der Waals surface area contributed by atoms with E-state index in [1.165, 1.54) is 33.4 Å². The fourth-order valence-corrected chi connectivity index (χ4v) is 3.35. The molecule has 0 bridgehead atoms. The molecule has 0 heterocycles. The normalized spacial score (nSPS) is 12.2. The van der Waals surface area contributed by atoms with E-state index in [2.05, 4.69) is 91.8 Å². The van der Waals surface area contributed by atoms with Crippen LogP contribution in [0.1, 0.15) is 89.0 Å². The van der Waals surface area contributed by atoms with Crippen LogP contribution in [0.2, 0.25) is 0 Å². The van der Waals surface area contributed by atoms with Gasteiger partial charge in [0.15, 0.2) is 0 Å². The Labute approximate surface area is 149 Å². The first-order chi connectivity index (χ1) is 11.2.